The fourth-order valence-corrected chi connectivity index (χ4v) is 14.9. The van der Waals surface area contributed by atoms with Crippen LogP contribution in [-0.4, -0.2) is 62.1 Å². The number of aromatic nitrogens is 10. The molecular weight excluding hydrogens is 1770 g/mol. The first kappa shape index (κ1) is 74.2. The van der Waals surface area contributed by atoms with E-state index in [2.05, 4.69) is 250 Å². The molecule has 0 spiro atoms. The summed E-state index contributed by atoms with van der Waals surface area (Å²) in [6.07, 6.45) is 25.0. The molecule has 8 aliphatic heterocycles. The van der Waals surface area contributed by atoms with Crippen LogP contribution in [0.15, 0.2) is 341 Å². The third kappa shape index (κ3) is 14.6. The summed E-state index contributed by atoms with van der Waals surface area (Å²) in [6, 6.07) is 116. The number of para-hydroxylation sites is 8. The molecule has 0 aliphatic carbocycles. The molecule has 0 radical (unpaired) electrons. The first-order valence-corrected chi connectivity index (χ1v) is 37.1. The van der Waals surface area contributed by atoms with Crippen molar-refractivity contribution in [3.63, 3.8) is 0 Å². The average Bonchev–Trinajstić information content (AvgIpc) is 1.55. The second-order valence-electron chi connectivity index (χ2n) is 27.1. The van der Waals surface area contributed by atoms with Gasteiger partial charge in [0.15, 0.2) is 18.2 Å². The Hall–Kier alpha value is -13.5. The van der Waals surface area contributed by atoms with Crippen molar-refractivity contribution in [2.75, 3.05) is 43.5 Å². The predicted molar refractivity (Wildman–Crippen MR) is 439 cm³/mol. The van der Waals surface area contributed by atoms with Gasteiger partial charge in [0.25, 0.3) is 5.69 Å². The number of nitrogens with zero attached hydrogens (tertiary/aromatic N) is 18. The van der Waals surface area contributed by atoms with E-state index < -0.39 is 0 Å². The largest absolute Gasteiger partial charge is 6.00 e. The summed E-state index contributed by atoms with van der Waals surface area (Å²) in [5, 5.41) is 0. The van der Waals surface area contributed by atoms with E-state index in [1.54, 1.807) is 0 Å². The molecular formula is C95H70N18Os2+2. The smallest absolute Gasteiger partial charge is 0.510 e. The van der Waals surface area contributed by atoms with E-state index in [9.17, 15) is 0 Å². The van der Waals surface area contributed by atoms with Gasteiger partial charge in [-0.1, -0.05) is 35.6 Å². The Morgan fingerprint density at radius 3 is 1.21 bits per heavy atom. The Kier molecular flexibility index (Phi) is 21.3. The maximum Gasteiger partial charge on any atom is 6.00 e. The Morgan fingerprint density at radius 2 is 0.748 bits per heavy atom. The SMILES string of the molecule is CN1C=CN(c2[c-]c(-c3[c-]cccc3)ccc2)[CH-]1.CN1C=CN(c2[c-]c(-c3[c-]cccc3)ccc2)[CH-]1.[Os+6].[Os+6].[c-]1ccccc1N1[CH-]N(c2[c-]cccc2)c2ccccc21.[c-]1ccccc1N1[CH-]N(c2[c-]cccc2)c2ccccc21.c1cc[n+]2c(c1)-c1cnc3n1C2n1ccnc1C3.c1cc[n+]2c(c1)-c1ncc3n1C2n1ccnc1-3. The molecule has 115 heavy (non-hydrogen) atoms. The monoisotopic (exact) mass is 1850 g/mol. The van der Waals surface area contributed by atoms with Gasteiger partial charge in [0, 0.05) is 71.8 Å². The quantitative estimate of drug-likeness (QED) is 0.107. The molecule has 16 aromatic rings. The molecule has 554 valence electrons. The third-order valence-corrected chi connectivity index (χ3v) is 20.1. The van der Waals surface area contributed by atoms with Crippen LogP contribution in [0.3, 0.4) is 0 Å². The van der Waals surface area contributed by atoms with Crippen LogP contribution in [-0.2, 0) is 46.0 Å². The van der Waals surface area contributed by atoms with Crippen molar-refractivity contribution >= 4 is 56.9 Å². The fourth-order valence-electron chi connectivity index (χ4n) is 14.9. The molecule has 2 atom stereocenters. The van der Waals surface area contributed by atoms with E-state index >= 15 is 0 Å². The minimum atomic E-state index is 0. The first-order chi connectivity index (χ1) is 55.9. The molecule has 10 aromatic carbocycles. The van der Waals surface area contributed by atoms with Gasteiger partial charge in [0.1, 0.15) is 23.0 Å². The van der Waals surface area contributed by atoms with Crippen molar-refractivity contribution < 1.29 is 48.7 Å². The number of hydrogen-bond donors (Lipinski definition) is 0. The molecule has 24 rings (SSSR count). The number of hydrogen-bond acceptors (Lipinski definition) is 12. The summed E-state index contributed by atoms with van der Waals surface area (Å²) in [5.74, 6) is 4.19. The Bertz CT molecular complexity index is 5710. The Balaban J connectivity index is 0.0000000993. The van der Waals surface area contributed by atoms with Gasteiger partial charge in [-0.05, 0) is 75.3 Å². The molecule has 14 heterocycles. The molecule has 0 N–H and O–H groups in total. The molecule has 20 heteroatoms. The van der Waals surface area contributed by atoms with E-state index in [1.165, 1.54) is 11.4 Å². The second-order valence-corrected chi connectivity index (χ2v) is 27.1. The van der Waals surface area contributed by atoms with Crippen molar-refractivity contribution in [3.8, 4) is 56.7 Å². The zero-order valence-corrected chi connectivity index (χ0v) is 67.3. The van der Waals surface area contributed by atoms with Gasteiger partial charge in [-0.15, -0.1) is 60.4 Å². The summed E-state index contributed by atoms with van der Waals surface area (Å²) in [4.78, 5) is 34.6. The molecule has 2 unspecified atom stereocenters. The molecule has 8 aliphatic rings. The predicted octanol–water partition coefficient (Wildman–Crippen LogP) is 17.7. The van der Waals surface area contributed by atoms with Crippen LogP contribution in [0, 0.1) is 75.2 Å². The zero-order valence-electron chi connectivity index (χ0n) is 62.3. The second kappa shape index (κ2) is 33.0. The van der Waals surface area contributed by atoms with Crippen LogP contribution in [0.4, 0.5) is 56.9 Å². The van der Waals surface area contributed by atoms with Crippen molar-refractivity contribution in [3.05, 3.63) is 428 Å². The topological polar surface area (TPSA) is 105 Å². The van der Waals surface area contributed by atoms with Gasteiger partial charge in [0.05, 0.1) is 18.8 Å². The van der Waals surface area contributed by atoms with Crippen LogP contribution in [0.2, 0.25) is 0 Å². The molecule has 0 amide bonds. The van der Waals surface area contributed by atoms with Crippen LogP contribution in [0.5, 0.6) is 0 Å². The first-order valence-electron chi connectivity index (χ1n) is 37.1. The van der Waals surface area contributed by atoms with E-state index in [0.717, 1.165) is 120 Å². The maximum atomic E-state index is 4.53. The molecule has 6 aromatic heterocycles. The number of anilines is 10. The van der Waals surface area contributed by atoms with E-state index in [1.807, 2.05) is 267 Å². The van der Waals surface area contributed by atoms with Crippen LogP contribution < -0.4 is 38.5 Å². The summed E-state index contributed by atoms with van der Waals surface area (Å²) < 4.78 is 13.4. The average molecular weight is 1840 g/mol. The van der Waals surface area contributed by atoms with Gasteiger partial charge < -0.3 is 39.2 Å². The number of pyridine rings is 2. The Morgan fingerprint density at radius 1 is 0.339 bits per heavy atom. The molecule has 0 saturated carbocycles. The zero-order chi connectivity index (χ0) is 75.6. The molecule has 0 fully saturated rings. The number of fused-ring (bicyclic) bond motifs is 13. The third-order valence-electron chi connectivity index (χ3n) is 20.1. The summed E-state index contributed by atoms with van der Waals surface area (Å²) in [6.45, 7) is 8.21. The minimum Gasteiger partial charge on any atom is -0.510 e. The van der Waals surface area contributed by atoms with E-state index in [4.69, 9.17) is 0 Å². The Labute approximate surface area is 695 Å². The molecule has 0 saturated heterocycles. The number of rotatable bonds is 8. The van der Waals surface area contributed by atoms with Crippen molar-refractivity contribution in [1.29, 1.82) is 0 Å². The van der Waals surface area contributed by atoms with Crippen LogP contribution in [0.25, 0.3) is 56.7 Å². The van der Waals surface area contributed by atoms with Gasteiger partial charge in [-0.25, -0.2) is 51.3 Å². The molecule has 18 nitrogen and oxygen atoms in total. The van der Waals surface area contributed by atoms with Gasteiger partial charge in [-0.2, -0.15) is 229 Å². The van der Waals surface area contributed by atoms with Gasteiger partial charge >= 0.3 is 52.2 Å². The molecule has 0 bridgehead atoms. The summed E-state index contributed by atoms with van der Waals surface area (Å²) >= 11 is 0. The van der Waals surface area contributed by atoms with Crippen molar-refractivity contribution in [2.45, 2.75) is 19.0 Å². The normalized spacial score (nSPS) is 14.9. The van der Waals surface area contributed by atoms with Gasteiger partial charge in [0.2, 0.25) is 11.5 Å². The minimum absolute atomic E-state index is 0. The van der Waals surface area contributed by atoms with Crippen molar-refractivity contribution in [1.82, 2.24) is 48.0 Å². The fraction of sp³-hybridized carbons (Fsp3) is 0.0526. The standard InChI is InChI=1S/2C19H13N2.2C16H13N2.C13H10N5.C12H8N5.2Os/c2*1-3-9-16(10-4-1)20-15-21(17-11-5-2-6-12-17)19-14-8-7-13-18(19)20;2*1-17-10-11-18(13-17)16-9-5-8-15(12-16)14-6-3-2-4-7-14;1-2-5-16-9(3-1)10-8-15-12-7-11-14-4-6-17(11)13(16)18(10)12;1-2-5-15-8(3-1)11-14-7-9-10-13-4-6-16(10)12(15)17(9)11;;/h2*1-9,11,13-15H;2*2-6,8-11,13H,1H3;1-6,8,13H,7H2;1-7,12H;;/q4*-3;2*+1;2*+6. The van der Waals surface area contributed by atoms with E-state index in [0.29, 0.717) is 0 Å². The summed E-state index contributed by atoms with van der Waals surface area (Å²) in [5.41, 5.74) is 19.7. The van der Waals surface area contributed by atoms with Crippen LogP contribution in [0.1, 0.15) is 24.2 Å². The van der Waals surface area contributed by atoms with Crippen LogP contribution >= 0.6 is 0 Å². The number of imidazole rings is 4. The van der Waals surface area contributed by atoms with Gasteiger partial charge in [-0.3, -0.25) is 9.13 Å². The van der Waals surface area contributed by atoms with E-state index in [-0.39, 0.29) is 52.2 Å². The maximum absolute atomic E-state index is 4.53. The number of benzene rings is 10. The van der Waals surface area contributed by atoms with Crippen molar-refractivity contribution in [2.24, 2.45) is 0 Å². The summed E-state index contributed by atoms with van der Waals surface area (Å²) in [7, 11) is 4.01.